The summed E-state index contributed by atoms with van der Waals surface area (Å²) in [5.41, 5.74) is -0.128. The number of pyridine rings is 1. The Morgan fingerprint density at radius 3 is 2.94 bits per heavy atom. The number of amides is 1. The number of carbonyl (C=O) groups excluding carboxylic acids is 1. The molecule has 0 unspecified atom stereocenters. The van der Waals surface area contributed by atoms with Crippen LogP contribution in [-0.2, 0) is 11.3 Å². The van der Waals surface area contributed by atoms with Gasteiger partial charge in [0.15, 0.2) is 0 Å². The van der Waals surface area contributed by atoms with Crippen molar-refractivity contribution in [3.05, 3.63) is 33.2 Å². The first-order valence-electron chi connectivity index (χ1n) is 5.37. The minimum Gasteiger partial charge on any atom is -0.396 e. The maximum absolute atomic E-state index is 11.4. The molecule has 0 atom stereocenters. The van der Waals surface area contributed by atoms with Crippen molar-refractivity contribution >= 4 is 21.8 Å². The summed E-state index contributed by atoms with van der Waals surface area (Å²) in [6.45, 7) is 0.872. The van der Waals surface area contributed by atoms with E-state index < -0.39 is 0 Å². The predicted octanol–water partition coefficient (Wildman–Crippen LogP) is 0.500. The molecule has 0 saturated carbocycles. The van der Waals surface area contributed by atoms with Crippen LogP contribution in [0.2, 0.25) is 0 Å². The molecule has 0 spiro atoms. The molecule has 0 saturated heterocycles. The Kier molecular flexibility index (Phi) is 5.93. The standard InChI is InChI=1S/C11H15BrN2O3/c12-9-2-3-11(17)14(8-9)6-4-10(16)13-5-1-7-15/h2-3,8,15H,1,4-7H2,(H,13,16). The summed E-state index contributed by atoms with van der Waals surface area (Å²) in [5, 5.41) is 11.2. The summed E-state index contributed by atoms with van der Waals surface area (Å²) in [4.78, 5) is 22.8. The van der Waals surface area contributed by atoms with Crippen molar-refractivity contribution in [3.8, 4) is 0 Å². The van der Waals surface area contributed by atoms with E-state index in [2.05, 4.69) is 21.2 Å². The van der Waals surface area contributed by atoms with E-state index in [9.17, 15) is 9.59 Å². The van der Waals surface area contributed by atoms with Gasteiger partial charge in [-0.15, -0.1) is 0 Å². The normalized spacial score (nSPS) is 10.2. The Morgan fingerprint density at radius 2 is 2.24 bits per heavy atom. The largest absolute Gasteiger partial charge is 0.396 e. The first-order chi connectivity index (χ1) is 8.13. The molecule has 1 aromatic heterocycles. The van der Waals surface area contributed by atoms with Crippen LogP contribution in [0, 0.1) is 0 Å². The molecule has 0 aromatic carbocycles. The molecule has 0 aliphatic rings. The van der Waals surface area contributed by atoms with E-state index >= 15 is 0 Å². The van der Waals surface area contributed by atoms with Gasteiger partial charge in [-0.2, -0.15) is 0 Å². The monoisotopic (exact) mass is 302 g/mol. The molecular weight excluding hydrogens is 288 g/mol. The lowest BCUT2D eigenvalue weighted by Gasteiger charge is -2.06. The molecule has 0 fully saturated rings. The Morgan fingerprint density at radius 1 is 1.47 bits per heavy atom. The lowest BCUT2D eigenvalue weighted by molar-refractivity contribution is -0.121. The molecule has 5 nitrogen and oxygen atoms in total. The molecular formula is C11H15BrN2O3. The van der Waals surface area contributed by atoms with Gasteiger partial charge >= 0.3 is 0 Å². The fourth-order valence-corrected chi connectivity index (χ4v) is 1.67. The van der Waals surface area contributed by atoms with Crippen molar-refractivity contribution in [3.63, 3.8) is 0 Å². The maximum atomic E-state index is 11.4. The van der Waals surface area contributed by atoms with Crippen LogP contribution in [0.1, 0.15) is 12.8 Å². The second-order valence-electron chi connectivity index (χ2n) is 3.56. The number of halogens is 1. The highest BCUT2D eigenvalue weighted by molar-refractivity contribution is 9.10. The zero-order valence-electron chi connectivity index (χ0n) is 9.36. The summed E-state index contributed by atoms with van der Waals surface area (Å²) in [7, 11) is 0. The van der Waals surface area contributed by atoms with Crippen LogP contribution in [0.25, 0.3) is 0 Å². The summed E-state index contributed by atoms with van der Waals surface area (Å²) in [6.07, 6.45) is 2.45. The fourth-order valence-electron chi connectivity index (χ4n) is 1.29. The Bertz CT molecular complexity index is 431. The number of nitrogens with zero attached hydrogens (tertiary/aromatic N) is 1. The van der Waals surface area contributed by atoms with Gasteiger partial charge in [-0.25, -0.2) is 0 Å². The summed E-state index contributed by atoms with van der Waals surface area (Å²) >= 11 is 3.27. The van der Waals surface area contributed by atoms with Crippen LogP contribution >= 0.6 is 15.9 Å². The highest BCUT2D eigenvalue weighted by Crippen LogP contribution is 2.05. The van der Waals surface area contributed by atoms with Crippen molar-refractivity contribution in [2.24, 2.45) is 0 Å². The number of hydrogen-bond acceptors (Lipinski definition) is 3. The van der Waals surface area contributed by atoms with Crippen molar-refractivity contribution in [1.29, 1.82) is 0 Å². The summed E-state index contributed by atoms with van der Waals surface area (Å²) in [6, 6.07) is 3.12. The van der Waals surface area contributed by atoms with Gasteiger partial charge in [0, 0.05) is 42.9 Å². The van der Waals surface area contributed by atoms with Crippen LogP contribution in [0.15, 0.2) is 27.6 Å². The number of rotatable bonds is 6. The van der Waals surface area contributed by atoms with Crippen LogP contribution in [-0.4, -0.2) is 28.7 Å². The topological polar surface area (TPSA) is 71.3 Å². The van der Waals surface area contributed by atoms with E-state index in [0.29, 0.717) is 19.5 Å². The third kappa shape index (κ3) is 5.14. The van der Waals surface area contributed by atoms with Gasteiger partial charge in [-0.05, 0) is 28.4 Å². The SMILES string of the molecule is O=C(CCn1cc(Br)ccc1=O)NCCCO. The maximum Gasteiger partial charge on any atom is 0.250 e. The van der Waals surface area contributed by atoms with Gasteiger partial charge in [-0.1, -0.05) is 0 Å². The number of aromatic nitrogens is 1. The highest BCUT2D eigenvalue weighted by Gasteiger charge is 2.02. The van der Waals surface area contributed by atoms with Gasteiger partial charge in [0.2, 0.25) is 5.91 Å². The average molecular weight is 303 g/mol. The summed E-state index contributed by atoms with van der Waals surface area (Å²) in [5.74, 6) is -0.120. The number of carbonyl (C=O) groups is 1. The third-order valence-corrected chi connectivity index (χ3v) is 2.65. The fraction of sp³-hybridized carbons (Fsp3) is 0.455. The molecule has 17 heavy (non-hydrogen) atoms. The van der Waals surface area contributed by atoms with Crippen LogP contribution in [0.4, 0.5) is 0 Å². The second-order valence-corrected chi connectivity index (χ2v) is 4.47. The summed E-state index contributed by atoms with van der Waals surface area (Å²) < 4.78 is 2.29. The van der Waals surface area contributed by atoms with Gasteiger partial charge in [0.25, 0.3) is 5.56 Å². The zero-order chi connectivity index (χ0) is 12.7. The molecule has 1 aromatic rings. The molecule has 0 aliphatic heterocycles. The minimum atomic E-state index is -0.128. The van der Waals surface area contributed by atoms with Crippen LogP contribution in [0.5, 0.6) is 0 Å². The molecule has 0 radical (unpaired) electrons. The first kappa shape index (κ1) is 13.9. The third-order valence-electron chi connectivity index (χ3n) is 2.18. The van der Waals surface area contributed by atoms with Crippen molar-refractivity contribution < 1.29 is 9.90 Å². The van der Waals surface area contributed by atoms with E-state index in [1.807, 2.05) is 0 Å². The van der Waals surface area contributed by atoms with Gasteiger partial charge < -0.3 is 15.0 Å². The molecule has 1 rings (SSSR count). The van der Waals surface area contributed by atoms with E-state index in [-0.39, 0.29) is 24.5 Å². The van der Waals surface area contributed by atoms with E-state index in [1.54, 1.807) is 12.3 Å². The Balaban J connectivity index is 2.42. The molecule has 6 heteroatoms. The zero-order valence-corrected chi connectivity index (χ0v) is 10.9. The lowest BCUT2D eigenvalue weighted by Crippen LogP contribution is -2.28. The van der Waals surface area contributed by atoms with Gasteiger partial charge in [0.1, 0.15) is 0 Å². The molecule has 94 valence electrons. The van der Waals surface area contributed by atoms with Gasteiger partial charge in [0.05, 0.1) is 0 Å². The van der Waals surface area contributed by atoms with Crippen LogP contribution in [0.3, 0.4) is 0 Å². The average Bonchev–Trinajstić information content (AvgIpc) is 2.31. The van der Waals surface area contributed by atoms with Crippen LogP contribution < -0.4 is 10.9 Å². The number of nitrogens with one attached hydrogen (secondary N) is 1. The van der Waals surface area contributed by atoms with E-state index in [1.165, 1.54) is 10.6 Å². The predicted molar refractivity (Wildman–Crippen MR) is 67.7 cm³/mol. The lowest BCUT2D eigenvalue weighted by atomic mass is 10.3. The molecule has 2 N–H and O–H groups in total. The molecule has 1 amide bonds. The minimum absolute atomic E-state index is 0.0609. The first-order valence-corrected chi connectivity index (χ1v) is 6.16. The van der Waals surface area contributed by atoms with E-state index in [0.717, 1.165) is 4.47 Å². The quantitative estimate of drug-likeness (QED) is 0.752. The smallest absolute Gasteiger partial charge is 0.250 e. The Hall–Kier alpha value is -1.14. The van der Waals surface area contributed by atoms with E-state index in [4.69, 9.17) is 5.11 Å². The van der Waals surface area contributed by atoms with Crippen molar-refractivity contribution in [2.45, 2.75) is 19.4 Å². The molecule has 0 aliphatic carbocycles. The molecule has 0 bridgehead atoms. The van der Waals surface area contributed by atoms with Gasteiger partial charge in [-0.3, -0.25) is 9.59 Å². The number of aliphatic hydroxyl groups is 1. The number of aryl methyl sites for hydroxylation is 1. The number of hydrogen-bond donors (Lipinski definition) is 2. The van der Waals surface area contributed by atoms with Crippen molar-refractivity contribution in [1.82, 2.24) is 9.88 Å². The Labute approximate surface area is 108 Å². The highest BCUT2D eigenvalue weighted by atomic mass is 79.9. The second kappa shape index (κ2) is 7.24. The number of aliphatic hydroxyl groups excluding tert-OH is 1. The van der Waals surface area contributed by atoms with Crippen molar-refractivity contribution in [2.75, 3.05) is 13.2 Å². The molecule has 1 heterocycles.